The van der Waals surface area contributed by atoms with Gasteiger partial charge in [0.1, 0.15) is 0 Å². The maximum absolute atomic E-state index is 12.4. The lowest BCUT2D eigenvalue weighted by atomic mass is 10.1. The molecule has 0 aromatic heterocycles. The zero-order chi connectivity index (χ0) is 16.8. The Balaban J connectivity index is 2.26. The standard InChI is InChI=1S/C16H14Cl2N4O/c1-10-2-4-11(5-3-10)16(23)15(9-20-19)22-21-14-7-12(17)6-13(18)8-14/h2-9,21H,19H2,1H3/b20-9+,22-15-. The van der Waals surface area contributed by atoms with Crippen LogP contribution in [0, 0.1) is 6.92 Å². The smallest absolute Gasteiger partial charge is 0.214 e. The topological polar surface area (TPSA) is 79.8 Å². The molecule has 118 valence electrons. The van der Waals surface area contributed by atoms with Crippen molar-refractivity contribution in [2.45, 2.75) is 6.92 Å². The van der Waals surface area contributed by atoms with Crippen molar-refractivity contribution in [2.24, 2.45) is 16.0 Å². The highest BCUT2D eigenvalue weighted by Gasteiger charge is 2.12. The van der Waals surface area contributed by atoms with Gasteiger partial charge in [-0.25, -0.2) is 0 Å². The third kappa shape index (κ3) is 4.81. The van der Waals surface area contributed by atoms with Gasteiger partial charge < -0.3 is 5.84 Å². The number of nitrogens with two attached hydrogens (primary N) is 1. The molecule has 0 aliphatic heterocycles. The maximum Gasteiger partial charge on any atom is 0.214 e. The SMILES string of the molecule is Cc1ccc(C(=O)C(/C=N/N)=N\Nc2cc(Cl)cc(Cl)c2)cc1. The van der Waals surface area contributed by atoms with Crippen LogP contribution in [0.3, 0.4) is 0 Å². The lowest BCUT2D eigenvalue weighted by molar-refractivity contribution is 0.106. The number of carbonyl (C=O) groups is 1. The minimum Gasteiger partial charge on any atom is -0.323 e. The van der Waals surface area contributed by atoms with E-state index in [1.165, 1.54) is 6.21 Å². The Kier molecular flexibility index (Phi) is 5.73. The number of rotatable bonds is 5. The molecule has 0 saturated heterocycles. The van der Waals surface area contributed by atoms with Crippen LogP contribution in [0.5, 0.6) is 0 Å². The van der Waals surface area contributed by atoms with Gasteiger partial charge in [-0.15, -0.1) is 0 Å². The summed E-state index contributed by atoms with van der Waals surface area (Å²) in [6.07, 6.45) is 1.18. The number of halogens is 2. The van der Waals surface area contributed by atoms with E-state index in [-0.39, 0.29) is 11.5 Å². The van der Waals surface area contributed by atoms with Gasteiger partial charge in [-0.3, -0.25) is 10.2 Å². The number of aryl methyl sites for hydroxylation is 1. The first kappa shape index (κ1) is 17.0. The van der Waals surface area contributed by atoms with Crippen molar-refractivity contribution in [1.29, 1.82) is 0 Å². The first-order chi connectivity index (χ1) is 11.0. The van der Waals surface area contributed by atoms with Crippen LogP contribution in [0.2, 0.25) is 10.0 Å². The van der Waals surface area contributed by atoms with Gasteiger partial charge in [-0.1, -0.05) is 53.0 Å². The lowest BCUT2D eigenvalue weighted by Crippen LogP contribution is -2.18. The van der Waals surface area contributed by atoms with Crippen molar-refractivity contribution >= 4 is 46.6 Å². The van der Waals surface area contributed by atoms with Crippen LogP contribution in [0.15, 0.2) is 52.7 Å². The Labute approximate surface area is 143 Å². The molecule has 0 unspecified atom stereocenters. The summed E-state index contributed by atoms with van der Waals surface area (Å²) >= 11 is 11.8. The number of Topliss-reactive ketones (excluding diaryl/α,β-unsaturated/α-hetero) is 1. The second-order valence-corrected chi connectivity index (χ2v) is 5.61. The van der Waals surface area contributed by atoms with Gasteiger partial charge in [-0.2, -0.15) is 10.2 Å². The Morgan fingerprint density at radius 2 is 1.74 bits per heavy atom. The number of benzene rings is 2. The summed E-state index contributed by atoms with van der Waals surface area (Å²) in [5.41, 5.74) is 4.87. The molecule has 0 heterocycles. The van der Waals surface area contributed by atoms with Gasteiger partial charge in [-0.05, 0) is 25.1 Å². The van der Waals surface area contributed by atoms with E-state index in [1.807, 2.05) is 19.1 Å². The number of nitrogens with one attached hydrogen (secondary N) is 1. The quantitative estimate of drug-likeness (QED) is 0.372. The van der Waals surface area contributed by atoms with Gasteiger partial charge in [0.15, 0.2) is 5.71 Å². The Bertz CT molecular complexity index is 750. The fourth-order valence-electron chi connectivity index (χ4n) is 1.80. The van der Waals surface area contributed by atoms with Crippen molar-refractivity contribution in [2.75, 3.05) is 5.43 Å². The maximum atomic E-state index is 12.4. The molecule has 0 amide bonds. The minimum absolute atomic E-state index is 0.0625. The minimum atomic E-state index is -0.306. The molecule has 0 atom stereocenters. The van der Waals surface area contributed by atoms with Crippen LogP contribution in [0.4, 0.5) is 5.69 Å². The van der Waals surface area contributed by atoms with E-state index in [0.29, 0.717) is 21.3 Å². The number of ketones is 1. The van der Waals surface area contributed by atoms with Crippen molar-refractivity contribution in [1.82, 2.24) is 0 Å². The van der Waals surface area contributed by atoms with Crippen LogP contribution >= 0.6 is 23.2 Å². The predicted octanol–water partition coefficient (Wildman–Crippen LogP) is 3.90. The van der Waals surface area contributed by atoms with E-state index in [9.17, 15) is 4.79 Å². The van der Waals surface area contributed by atoms with Crippen LogP contribution in [0.1, 0.15) is 15.9 Å². The van der Waals surface area contributed by atoms with Crippen molar-refractivity contribution < 1.29 is 4.79 Å². The van der Waals surface area contributed by atoms with E-state index in [2.05, 4.69) is 15.6 Å². The fourth-order valence-corrected chi connectivity index (χ4v) is 2.33. The summed E-state index contributed by atoms with van der Waals surface area (Å²) in [6.45, 7) is 1.94. The molecule has 0 radical (unpaired) electrons. The molecule has 0 fully saturated rings. The molecule has 2 rings (SSSR count). The molecule has 5 nitrogen and oxygen atoms in total. The van der Waals surface area contributed by atoms with E-state index in [1.54, 1.807) is 30.3 Å². The average molecular weight is 349 g/mol. The zero-order valence-corrected chi connectivity index (χ0v) is 13.8. The molecule has 2 aromatic rings. The van der Waals surface area contributed by atoms with E-state index >= 15 is 0 Å². The largest absolute Gasteiger partial charge is 0.323 e. The average Bonchev–Trinajstić information content (AvgIpc) is 2.50. The molecule has 7 heteroatoms. The summed E-state index contributed by atoms with van der Waals surface area (Å²) in [6, 6.07) is 12.0. The Morgan fingerprint density at radius 3 is 2.30 bits per heavy atom. The molecule has 0 aliphatic carbocycles. The lowest BCUT2D eigenvalue weighted by Gasteiger charge is -2.05. The monoisotopic (exact) mass is 348 g/mol. The highest BCUT2D eigenvalue weighted by molar-refractivity contribution is 6.64. The third-order valence-corrected chi connectivity index (χ3v) is 3.35. The first-order valence-electron chi connectivity index (χ1n) is 6.64. The van der Waals surface area contributed by atoms with E-state index in [4.69, 9.17) is 29.0 Å². The molecule has 2 aromatic carbocycles. The Morgan fingerprint density at radius 1 is 1.13 bits per heavy atom. The molecule has 0 spiro atoms. The summed E-state index contributed by atoms with van der Waals surface area (Å²) in [4.78, 5) is 12.4. The molecule has 0 aliphatic rings. The number of carbonyl (C=O) groups excluding carboxylic acids is 1. The summed E-state index contributed by atoms with van der Waals surface area (Å²) in [7, 11) is 0. The molecular formula is C16H14Cl2N4O. The number of hydrogen-bond donors (Lipinski definition) is 2. The first-order valence-corrected chi connectivity index (χ1v) is 7.39. The number of anilines is 1. The number of hydrazone groups is 2. The van der Waals surface area contributed by atoms with Crippen LogP contribution < -0.4 is 11.3 Å². The molecule has 23 heavy (non-hydrogen) atoms. The molecule has 0 saturated carbocycles. The number of hydrogen-bond acceptors (Lipinski definition) is 5. The van der Waals surface area contributed by atoms with E-state index < -0.39 is 0 Å². The van der Waals surface area contributed by atoms with Crippen LogP contribution in [-0.4, -0.2) is 17.7 Å². The van der Waals surface area contributed by atoms with Crippen molar-refractivity contribution in [3.8, 4) is 0 Å². The van der Waals surface area contributed by atoms with Crippen LogP contribution in [-0.2, 0) is 0 Å². The normalized spacial score (nSPS) is 11.7. The second-order valence-electron chi connectivity index (χ2n) is 4.74. The van der Waals surface area contributed by atoms with Gasteiger partial charge in [0.2, 0.25) is 5.78 Å². The van der Waals surface area contributed by atoms with Gasteiger partial charge in [0.25, 0.3) is 0 Å². The second kappa shape index (κ2) is 7.76. The van der Waals surface area contributed by atoms with E-state index in [0.717, 1.165) is 5.56 Å². The third-order valence-electron chi connectivity index (χ3n) is 2.91. The molecule has 3 N–H and O–H groups in total. The fraction of sp³-hybridized carbons (Fsp3) is 0.0625. The van der Waals surface area contributed by atoms with Gasteiger partial charge in [0.05, 0.1) is 11.9 Å². The molecule has 0 bridgehead atoms. The summed E-state index contributed by atoms with van der Waals surface area (Å²) in [5, 5.41) is 8.32. The predicted molar refractivity (Wildman–Crippen MR) is 95.7 cm³/mol. The molecular weight excluding hydrogens is 335 g/mol. The zero-order valence-electron chi connectivity index (χ0n) is 12.3. The van der Waals surface area contributed by atoms with Gasteiger partial charge >= 0.3 is 0 Å². The Hall–Kier alpha value is -2.37. The van der Waals surface area contributed by atoms with Crippen molar-refractivity contribution in [3.05, 3.63) is 63.6 Å². The van der Waals surface area contributed by atoms with Crippen molar-refractivity contribution in [3.63, 3.8) is 0 Å². The summed E-state index contributed by atoms with van der Waals surface area (Å²) in [5.74, 6) is 4.85. The highest BCUT2D eigenvalue weighted by atomic mass is 35.5. The van der Waals surface area contributed by atoms with Crippen LogP contribution in [0.25, 0.3) is 0 Å². The summed E-state index contributed by atoms with van der Waals surface area (Å²) < 4.78 is 0. The van der Waals surface area contributed by atoms with Gasteiger partial charge in [0, 0.05) is 15.6 Å². The number of nitrogens with zero attached hydrogens (tertiary/aromatic N) is 2. The highest BCUT2D eigenvalue weighted by Crippen LogP contribution is 2.22.